The number of ether oxygens (including phenoxy) is 4. The summed E-state index contributed by atoms with van der Waals surface area (Å²) in [5.41, 5.74) is 0.473. The number of halogens is 4. The van der Waals surface area contributed by atoms with Gasteiger partial charge in [-0.2, -0.15) is 18.3 Å². The number of hydrogen-bond donors (Lipinski definition) is 2. The highest BCUT2D eigenvalue weighted by Gasteiger charge is 2.48. The molecule has 1 aliphatic heterocycles. The summed E-state index contributed by atoms with van der Waals surface area (Å²) in [6.07, 6.45) is -5.04. The number of methoxy groups -OCH3 is 4. The van der Waals surface area contributed by atoms with Crippen LogP contribution in [0.5, 0.6) is 23.0 Å². The molecule has 2 heterocycles. The van der Waals surface area contributed by atoms with E-state index >= 15 is 0 Å². The minimum absolute atomic E-state index is 0.118. The van der Waals surface area contributed by atoms with Gasteiger partial charge in [0.1, 0.15) is 10.8 Å². The number of nitrogens with zero attached hydrogens (tertiary/aromatic N) is 2. The molecular formula is C24H24ClF3N4O5. The van der Waals surface area contributed by atoms with E-state index in [0.29, 0.717) is 38.9 Å². The van der Waals surface area contributed by atoms with Crippen LogP contribution in [-0.2, 0) is 0 Å². The zero-order chi connectivity index (χ0) is 26.9. The van der Waals surface area contributed by atoms with E-state index in [0.717, 1.165) is 0 Å². The lowest BCUT2D eigenvalue weighted by Gasteiger charge is -2.33. The summed E-state index contributed by atoms with van der Waals surface area (Å²) in [7, 11) is 5.79. The third-order valence-electron chi connectivity index (χ3n) is 5.96. The number of fused-ring (bicyclic) bond motifs is 1. The van der Waals surface area contributed by atoms with Crippen molar-refractivity contribution >= 4 is 29.0 Å². The van der Waals surface area contributed by atoms with Gasteiger partial charge in [0.2, 0.25) is 0 Å². The predicted molar refractivity (Wildman–Crippen MR) is 130 cm³/mol. The first-order valence-corrected chi connectivity index (χ1v) is 11.4. The van der Waals surface area contributed by atoms with Crippen molar-refractivity contribution in [1.29, 1.82) is 0 Å². The largest absolute Gasteiger partial charge is 0.493 e. The van der Waals surface area contributed by atoms with Gasteiger partial charge >= 0.3 is 6.18 Å². The van der Waals surface area contributed by atoms with Gasteiger partial charge in [0.25, 0.3) is 5.91 Å². The number of hydrogen-bond acceptors (Lipinski definition) is 7. The van der Waals surface area contributed by atoms with Gasteiger partial charge in [-0.05, 0) is 29.8 Å². The lowest BCUT2D eigenvalue weighted by atomic mass is 9.96. The van der Waals surface area contributed by atoms with Crippen molar-refractivity contribution in [1.82, 2.24) is 9.78 Å². The molecule has 3 aromatic rings. The maximum absolute atomic E-state index is 14.1. The van der Waals surface area contributed by atoms with Crippen LogP contribution in [0, 0.1) is 0 Å². The van der Waals surface area contributed by atoms with Crippen LogP contribution in [0.15, 0.2) is 36.4 Å². The molecule has 0 unspecified atom stereocenters. The van der Waals surface area contributed by atoms with Gasteiger partial charge in [-0.15, -0.1) is 0 Å². The van der Waals surface area contributed by atoms with E-state index in [4.69, 9.17) is 30.5 Å². The summed E-state index contributed by atoms with van der Waals surface area (Å²) in [5.74, 6) is 0.690. The van der Waals surface area contributed by atoms with Crippen molar-refractivity contribution in [2.75, 3.05) is 39.1 Å². The van der Waals surface area contributed by atoms with Crippen LogP contribution >= 0.6 is 11.6 Å². The molecule has 0 bridgehead atoms. The smallest absolute Gasteiger partial charge is 0.410 e. The number of alkyl halides is 3. The zero-order valence-corrected chi connectivity index (χ0v) is 21.0. The van der Waals surface area contributed by atoms with Gasteiger partial charge in [-0.25, -0.2) is 4.68 Å². The molecule has 0 saturated carbocycles. The highest BCUT2D eigenvalue weighted by atomic mass is 35.5. The van der Waals surface area contributed by atoms with E-state index in [1.807, 2.05) is 0 Å². The van der Waals surface area contributed by atoms with Crippen molar-refractivity contribution in [2.24, 2.45) is 0 Å². The second kappa shape index (κ2) is 10.3. The van der Waals surface area contributed by atoms with Gasteiger partial charge in [0, 0.05) is 18.2 Å². The predicted octanol–water partition coefficient (Wildman–Crippen LogP) is 5.48. The van der Waals surface area contributed by atoms with Crippen molar-refractivity contribution in [2.45, 2.75) is 24.7 Å². The van der Waals surface area contributed by atoms with Crippen molar-refractivity contribution in [3.05, 3.63) is 52.7 Å². The van der Waals surface area contributed by atoms with Crippen LogP contribution in [-0.4, -0.2) is 50.3 Å². The highest BCUT2D eigenvalue weighted by Crippen LogP contribution is 2.47. The Labute approximate surface area is 215 Å². The maximum atomic E-state index is 14.1. The van der Waals surface area contributed by atoms with Crippen molar-refractivity contribution < 1.29 is 36.9 Å². The Balaban J connectivity index is 1.68. The molecule has 1 amide bonds. The summed E-state index contributed by atoms with van der Waals surface area (Å²) in [6.45, 7) is 0. The first-order valence-electron chi connectivity index (χ1n) is 11.0. The number of carbonyl (C=O) groups is 1. The van der Waals surface area contributed by atoms with Crippen LogP contribution in [0.25, 0.3) is 0 Å². The van der Waals surface area contributed by atoms with Gasteiger partial charge in [0.05, 0.1) is 34.5 Å². The van der Waals surface area contributed by atoms with Gasteiger partial charge < -0.3 is 29.6 Å². The molecule has 1 aliphatic rings. The molecule has 1 aromatic heterocycles. The van der Waals surface area contributed by atoms with E-state index in [-0.39, 0.29) is 23.0 Å². The number of carbonyl (C=O) groups excluding carboxylic acids is 1. The van der Waals surface area contributed by atoms with Crippen molar-refractivity contribution in [3.63, 3.8) is 0 Å². The van der Waals surface area contributed by atoms with Gasteiger partial charge in [-0.1, -0.05) is 17.7 Å². The van der Waals surface area contributed by atoms with Crippen molar-refractivity contribution in [3.8, 4) is 23.0 Å². The lowest BCUT2D eigenvalue weighted by Crippen LogP contribution is -2.35. The summed E-state index contributed by atoms with van der Waals surface area (Å²) < 4.78 is 63.9. The van der Waals surface area contributed by atoms with Crippen LogP contribution in [0.4, 0.5) is 24.7 Å². The van der Waals surface area contributed by atoms with Crippen LogP contribution in [0.1, 0.15) is 34.6 Å². The summed E-state index contributed by atoms with van der Waals surface area (Å²) in [6, 6.07) is 6.64. The Morgan fingerprint density at radius 2 is 1.59 bits per heavy atom. The van der Waals surface area contributed by atoms with Gasteiger partial charge in [0.15, 0.2) is 34.7 Å². The molecule has 13 heteroatoms. The zero-order valence-electron chi connectivity index (χ0n) is 20.3. The van der Waals surface area contributed by atoms with E-state index in [2.05, 4.69) is 15.7 Å². The van der Waals surface area contributed by atoms with E-state index in [9.17, 15) is 18.0 Å². The number of anilines is 2. The third kappa shape index (κ3) is 5.06. The molecule has 4 rings (SSSR count). The molecule has 9 nitrogen and oxygen atoms in total. The average molecular weight is 541 g/mol. The molecule has 0 fully saturated rings. The van der Waals surface area contributed by atoms with Crippen LogP contribution in [0.3, 0.4) is 0 Å². The Hall–Kier alpha value is -3.80. The third-order valence-corrected chi connectivity index (χ3v) is 6.32. The SMILES string of the molecule is COc1ccc(NC(=O)c2nn3c(c2Cl)N[C@H](c2ccc(OC)c(OC)c2)C[C@@H]3C(F)(F)F)cc1OC. The molecule has 2 N–H and O–H groups in total. The number of aromatic nitrogens is 2. The van der Waals surface area contributed by atoms with Crippen LogP contribution < -0.4 is 29.6 Å². The fourth-order valence-electron chi connectivity index (χ4n) is 4.13. The molecule has 0 aliphatic carbocycles. The Morgan fingerprint density at radius 3 is 2.19 bits per heavy atom. The number of rotatable bonds is 7. The molecule has 0 saturated heterocycles. The first kappa shape index (κ1) is 26.3. The Bertz CT molecular complexity index is 1310. The molecular weight excluding hydrogens is 517 g/mol. The summed E-state index contributed by atoms with van der Waals surface area (Å²) >= 11 is 6.42. The van der Waals surface area contributed by atoms with E-state index in [1.165, 1.54) is 34.5 Å². The first-order chi connectivity index (χ1) is 17.6. The topological polar surface area (TPSA) is 95.9 Å². The van der Waals surface area contributed by atoms with Crippen LogP contribution in [0.2, 0.25) is 5.02 Å². The summed E-state index contributed by atoms with van der Waals surface area (Å²) in [4.78, 5) is 13.0. The molecule has 2 aromatic carbocycles. The average Bonchev–Trinajstić information content (AvgIpc) is 3.23. The number of benzene rings is 2. The monoisotopic (exact) mass is 540 g/mol. The normalized spacial score (nSPS) is 16.9. The quantitative estimate of drug-likeness (QED) is 0.409. The molecule has 2 atom stereocenters. The lowest BCUT2D eigenvalue weighted by molar-refractivity contribution is -0.173. The molecule has 37 heavy (non-hydrogen) atoms. The summed E-state index contributed by atoms with van der Waals surface area (Å²) in [5, 5.41) is 9.30. The molecule has 0 spiro atoms. The highest BCUT2D eigenvalue weighted by molar-refractivity contribution is 6.36. The Kier molecular flexibility index (Phi) is 7.30. The second-order valence-corrected chi connectivity index (χ2v) is 8.46. The second-order valence-electron chi connectivity index (χ2n) is 8.08. The van der Waals surface area contributed by atoms with E-state index in [1.54, 1.807) is 30.3 Å². The maximum Gasteiger partial charge on any atom is 0.410 e. The standard InChI is InChI=1S/C24H24ClF3N4O5/c1-34-15-7-5-12(9-17(15)36-3)14-11-19(24(26,27)28)32-22(30-14)20(25)21(31-32)23(33)29-13-6-8-16(35-2)18(10-13)37-4/h5-10,14,19,30H,11H2,1-4H3,(H,29,33)/t14-,19+/m0/s1. The minimum Gasteiger partial charge on any atom is -0.493 e. The number of amides is 1. The van der Waals surface area contributed by atoms with Gasteiger partial charge in [-0.3, -0.25) is 4.79 Å². The van der Waals surface area contributed by atoms with E-state index < -0.39 is 24.2 Å². The molecule has 0 radical (unpaired) electrons. The fraction of sp³-hybridized carbons (Fsp3) is 0.333. The number of nitrogens with one attached hydrogen (secondary N) is 2. The minimum atomic E-state index is -4.65. The molecule has 198 valence electrons. The Morgan fingerprint density at radius 1 is 1.00 bits per heavy atom. The fourth-order valence-corrected chi connectivity index (χ4v) is 4.39.